The summed E-state index contributed by atoms with van der Waals surface area (Å²) in [6.07, 6.45) is 2.62. The first-order valence-corrected chi connectivity index (χ1v) is 7.33. The van der Waals surface area contributed by atoms with Crippen LogP contribution in [0.5, 0.6) is 0 Å². The quantitative estimate of drug-likeness (QED) is 0.789. The number of nitrogens with one attached hydrogen (secondary N) is 2. The zero-order valence-electron chi connectivity index (χ0n) is 11.0. The summed E-state index contributed by atoms with van der Waals surface area (Å²) in [5.41, 5.74) is 0. The van der Waals surface area contributed by atoms with Gasteiger partial charge in [0.25, 0.3) is 0 Å². The van der Waals surface area contributed by atoms with Gasteiger partial charge in [-0.2, -0.15) is 0 Å². The molecule has 0 bridgehead atoms. The lowest BCUT2D eigenvalue weighted by Crippen LogP contribution is -2.36. The highest BCUT2D eigenvalue weighted by atomic mass is 32.2. The van der Waals surface area contributed by atoms with Gasteiger partial charge >= 0.3 is 0 Å². The van der Waals surface area contributed by atoms with E-state index in [1.54, 1.807) is 11.8 Å². The number of amidine groups is 1. The van der Waals surface area contributed by atoms with Crippen LogP contribution in [0.25, 0.3) is 0 Å². The third kappa shape index (κ3) is 5.96. The van der Waals surface area contributed by atoms with E-state index in [1.165, 1.54) is 6.42 Å². The molecular formula is C12H23N3OS. The monoisotopic (exact) mass is 257 g/mol. The minimum atomic E-state index is 0.0950. The van der Waals surface area contributed by atoms with Crippen molar-refractivity contribution in [2.45, 2.75) is 52.1 Å². The fraction of sp³-hybridized carbons (Fsp3) is 0.833. The molecule has 2 unspecified atom stereocenters. The first-order valence-electron chi connectivity index (χ1n) is 6.35. The number of carbonyl (C=O) groups is 1. The number of hydrogen-bond donors (Lipinski definition) is 2. The molecule has 98 valence electrons. The maximum absolute atomic E-state index is 11.5. The van der Waals surface area contributed by atoms with Crippen molar-refractivity contribution in [1.29, 1.82) is 0 Å². The van der Waals surface area contributed by atoms with E-state index >= 15 is 0 Å². The lowest BCUT2D eigenvalue weighted by atomic mass is 10.2. The Balaban J connectivity index is 2.22. The van der Waals surface area contributed by atoms with Crippen LogP contribution >= 0.6 is 11.8 Å². The van der Waals surface area contributed by atoms with E-state index in [9.17, 15) is 4.79 Å². The minimum Gasteiger partial charge on any atom is -0.362 e. The number of amides is 1. The summed E-state index contributed by atoms with van der Waals surface area (Å²) in [6.45, 7) is 6.81. The number of aliphatic imine (C=N–C) groups is 1. The van der Waals surface area contributed by atoms with Crippen LogP contribution in [0.2, 0.25) is 0 Å². The molecule has 0 spiro atoms. The number of carbonyl (C=O) groups excluding carboxylic acids is 1. The summed E-state index contributed by atoms with van der Waals surface area (Å²) >= 11 is 1.74. The van der Waals surface area contributed by atoms with Gasteiger partial charge < -0.3 is 10.6 Å². The van der Waals surface area contributed by atoms with Gasteiger partial charge in [0.1, 0.15) is 0 Å². The van der Waals surface area contributed by atoms with Gasteiger partial charge in [-0.15, -0.1) is 0 Å². The van der Waals surface area contributed by atoms with E-state index in [2.05, 4.69) is 29.5 Å². The Bertz CT molecular complexity index is 281. The van der Waals surface area contributed by atoms with Crippen LogP contribution < -0.4 is 10.6 Å². The Morgan fingerprint density at radius 2 is 2.47 bits per heavy atom. The van der Waals surface area contributed by atoms with E-state index in [0.717, 1.165) is 17.3 Å². The summed E-state index contributed by atoms with van der Waals surface area (Å²) in [7, 11) is 0. The molecule has 1 rings (SSSR count). The van der Waals surface area contributed by atoms with Crippen molar-refractivity contribution in [2.24, 2.45) is 4.99 Å². The highest BCUT2D eigenvalue weighted by Crippen LogP contribution is 2.13. The largest absolute Gasteiger partial charge is 0.362 e. The Kier molecular flexibility index (Phi) is 6.40. The molecule has 0 aromatic heterocycles. The predicted octanol–water partition coefficient (Wildman–Crippen LogP) is 1.76. The Labute approximate surface area is 108 Å². The third-order valence-corrected chi connectivity index (χ3v) is 3.73. The van der Waals surface area contributed by atoms with Gasteiger partial charge in [0.15, 0.2) is 5.17 Å². The molecule has 2 atom stereocenters. The summed E-state index contributed by atoms with van der Waals surface area (Å²) in [5.74, 6) is 1.21. The molecule has 1 amide bonds. The molecule has 0 aromatic carbocycles. The second kappa shape index (κ2) is 7.58. The van der Waals surface area contributed by atoms with Crippen molar-refractivity contribution in [3.05, 3.63) is 0 Å². The maximum Gasteiger partial charge on any atom is 0.222 e. The zero-order valence-corrected chi connectivity index (χ0v) is 11.8. The van der Waals surface area contributed by atoms with Crippen molar-refractivity contribution < 1.29 is 4.79 Å². The Hall–Kier alpha value is -0.710. The first kappa shape index (κ1) is 14.4. The average molecular weight is 257 g/mol. The number of hydrogen-bond acceptors (Lipinski definition) is 3. The van der Waals surface area contributed by atoms with Crippen molar-refractivity contribution in [3.8, 4) is 0 Å². The predicted molar refractivity (Wildman–Crippen MR) is 74.5 cm³/mol. The van der Waals surface area contributed by atoms with Crippen LogP contribution in [0.4, 0.5) is 0 Å². The minimum absolute atomic E-state index is 0.0950. The molecule has 0 radical (unpaired) electrons. The lowest BCUT2D eigenvalue weighted by molar-refractivity contribution is -0.121. The fourth-order valence-corrected chi connectivity index (χ4v) is 2.59. The van der Waals surface area contributed by atoms with Crippen molar-refractivity contribution in [2.75, 3.05) is 12.3 Å². The number of rotatable bonds is 5. The van der Waals surface area contributed by atoms with Crippen LogP contribution in [0, 0.1) is 0 Å². The summed E-state index contributed by atoms with van der Waals surface area (Å²) in [4.78, 5) is 15.9. The molecule has 2 N–H and O–H groups in total. The second-order valence-electron chi connectivity index (χ2n) is 4.50. The van der Waals surface area contributed by atoms with E-state index < -0.39 is 0 Å². The molecule has 4 nitrogen and oxygen atoms in total. The van der Waals surface area contributed by atoms with Crippen molar-refractivity contribution >= 4 is 22.8 Å². The van der Waals surface area contributed by atoms with Gasteiger partial charge in [-0.05, 0) is 26.7 Å². The van der Waals surface area contributed by atoms with Crippen molar-refractivity contribution in [1.82, 2.24) is 10.6 Å². The number of nitrogens with zero attached hydrogens (tertiary/aromatic N) is 1. The SMILES string of the molecule is CCC(C)NC(=O)CCN=C1NC(C)CCS1. The second-order valence-corrected chi connectivity index (χ2v) is 5.58. The van der Waals surface area contributed by atoms with Gasteiger partial charge in [0, 0.05) is 24.3 Å². The molecule has 1 fully saturated rings. The fourth-order valence-electron chi connectivity index (χ4n) is 1.46. The molecule has 0 aliphatic carbocycles. The van der Waals surface area contributed by atoms with Gasteiger partial charge in [0.2, 0.25) is 5.91 Å². The van der Waals surface area contributed by atoms with Gasteiger partial charge in [0.05, 0.1) is 6.54 Å². The first-order chi connectivity index (χ1) is 8.11. The molecule has 0 saturated carbocycles. The Morgan fingerprint density at radius 3 is 3.12 bits per heavy atom. The highest BCUT2D eigenvalue weighted by molar-refractivity contribution is 8.13. The molecule has 1 aliphatic heterocycles. The maximum atomic E-state index is 11.5. The highest BCUT2D eigenvalue weighted by Gasteiger charge is 2.12. The molecule has 1 saturated heterocycles. The molecular weight excluding hydrogens is 234 g/mol. The Morgan fingerprint density at radius 1 is 1.71 bits per heavy atom. The van der Waals surface area contributed by atoms with Crippen LogP contribution in [0.3, 0.4) is 0 Å². The summed E-state index contributed by atoms with van der Waals surface area (Å²) < 4.78 is 0. The smallest absolute Gasteiger partial charge is 0.222 e. The van der Waals surface area contributed by atoms with E-state index in [1.807, 2.05) is 6.92 Å². The van der Waals surface area contributed by atoms with Crippen LogP contribution in [0.15, 0.2) is 4.99 Å². The van der Waals surface area contributed by atoms with E-state index in [0.29, 0.717) is 19.0 Å². The normalized spacial score (nSPS) is 24.2. The summed E-state index contributed by atoms with van der Waals surface area (Å²) in [6, 6.07) is 0.765. The van der Waals surface area contributed by atoms with Gasteiger partial charge in [-0.3, -0.25) is 9.79 Å². The lowest BCUT2D eigenvalue weighted by Gasteiger charge is -2.21. The molecule has 17 heavy (non-hydrogen) atoms. The van der Waals surface area contributed by atoms with Crippen LogP contribution in [0.1, 0.15) is 40.0 Å². The van der Waals surface area contributed by atoms with Crippen LogP contribution in [-0.2, 0) is 4.79 Å². The molecule has 0 aromatic rings. The molecule has 1 aliphatic rings. The molecule has 1 heterocycles. The summed E-state index contributed by atoms with van der Waals surface area (Å²) in [5, 5.41) is 7.25. The third-order valence-electron chi connectivity index (χ3n) is 2.77. The van der Waals surface area contributed by atoms with Crippen molar-refractivity contribution in [3.63, 3.8) is 0 Å². The van der Waals surface area contributed by atoms with Gasteiger partial charge in [-0.25, -0.2) is 0 Å². The standard InChI is InChI=1S/C12H23N3OS/c1-4-9(2)14-11(16)5-7-13-12-15-10(3)6-8-17-12/h9-10H,4-8H2,1-3H3,(H,13,15)(H,14,16). The topological polar surface area (TPSA) is 53.5 Å². The molecule has 5 heteroatoms. The van der Waals surface area contributed by atoms with Gasteiger partial charge in [-0.1, -0.05) is 18.7 Å². The van der Waals surface area contributed by atoms with Crippen LogP contribution in [-0.4, -0.2) is 35.5 Å². The van der Waals surface area contributed by atoms with E-state index in [4.69, 9.17) is 0 Å². The van der Waals surface area contributed by atoms with E-state index in [-0.39, 0.29) is 11.9 Å². The zero-order chi connectivity index (χ0) is 12.7. The average Bonchev–Trinajstić information content (AvgIpc) is 2.29. The number of thioether (sulfide) groups is 1.